The molecule has 0 aliphatic carbocycles. The molecule has 1 unspecified atom stereocenters. The summed E-state index contributed by atoms with van der Waals surface area (Å²) in [6.07, 6.45) is -0.594. The second-order valence-corrected chi connectivity index (χ2v) is 7.18. The number of methoxy groups -OCH3 is 1. The van der Waals surface area contributed by atoms with E-state index in [0.29, 0.717) is 22.5 Å². The molecule has 1 heterocycles. The standard InChI is InChI=1S/C19H24N2O4S/c1-11(2)16-7-6-15(8-12(16)3)25-13(4)18(23)21-19-20-14(10-26-19)9-17(22)24-5/h6-8,10-11,13H,9H2,1-5H3,(H,20,21,23). The maximum absolute atomic E-state index is 12.3. The van der Waals surface area contributed by atoms with Crippen LogP contribution in [0.15, 0.2) is 23.6 Å². The van der Waals surface area contributed by atoms with Gasteiger partial charge in [-0.3, -0.25) is 14.9 Å². The van der Waals surface area contributed by atoms with Crippen LogP contribution in [-0.2, 0) is 20.7 Å². The summed E-state index contributed by atoms with van der Waals surface area (Å²) >= 11 is 1.26. The number of anilines is 1. The highest BCUT2D eigenvalue weighted by molar-refractivity contribution is 7.13. The first kappa shape index (κ1) is 19.9. The van der Waals surface area contributed by atoms with E-state index in [-0.39, 0.29) is 18.3 Å². The van der Waals surface area contributed by atoms with E-state index in [1.807, 2.05) is 25.1 Å². The Bertz CT molecular complexity index is 786. The number of nitrogens with one attached hydrogen (secondary N) is 1. The van der Waals surface area contributed by atoms with Gasteiger partial charge in [0.25, 0.3) is 5.91 Å². The summed E-state index contributed by atoms with van der Waals surface area (Å²) in [5.74, 6) is 0.425. The summed E-state index contributed by atoms with van der Waals surface area (Å²) in [7, 11) is 1.33. The number of hydrogen-bond acceptors (Lipinski definition) is 6. The largest absolute Gasteiger partial charge is 0.481 e. The van der Waals surface area contributed by atoms with Gasteiger partial charge in [-0.15, -0.1) is 11.3 Å². The van der Waals surface area contributed by atoms with E-state index in [0.717, 1.165) is 5.56 Å². The smallest absolute Gasteiger partial charge is 0.311 e. The van der Waals surface area contributed by atoms with Crippen LogP contribution in [0.25, 0.3) is 0 Å². The number of rotatable bonds is 7. The lowest BCUT2D eigenvalue weighted by atomic mass is 9.98. The van der Waals surface area contributed by atoms with Crippen molar-refractivity contribution in [2.45, 2.75) is 46.1 Å². The molecule has 1 N–H and O–H groups in total. The van der Waals surface area contributed by atoms with Crippen molar-refractivity contribution in [2.24, 2.45) is 0 Å². The Kier molecular flexibility index (Phi) is 6.74. The lowest BCUT2D eigenvalue weighted by Gasteiger charge is -2.16. The number of nitrogens with zero attached hydrogens (tertiary/aromatic N) is 1. The fraction of sp³-hybridized carbons (Fsp3) is 0.421. The number of carbonyl (C=O) groups is 2. The van der Waals surface area contributed by atoms with Gasteiger partial charge < -0.3 is 9.47 Å². The average molecular weight is 376 g/mol. The van der Waals surface area contributed by atoms with Crippen molar-refractivity contribution in [1.82, 2.24) is 4.98 Å². The molecule has 0 bridgehead atoms. The molecule has 0 aliphatic heterocycles. The van der Waals surface area contributed by atoms with E-state index >= 15 is 0 Å². The molecule has 0 saturated carbocycles. The van der Waals surface area contributed by atoms with Gasteiger partial charge in [0.2, 0.25) is 0 Å². The zero-order chi connectivity index (χ0) is 19.3. The summed E-state index contributed by atoms with van der Waals surface area (Å²) in [5.41, 5.74) is 2.96. The first-order chi connectivity index (χ1) is 12.3. The van der Waals surface area contributed by atoms with Crippen LogP contribution in [0.5, 0.6) is 5.75 Å². The number of aryl methyl sites for hydroxylation is 1. The molecule has 0 saturated heterocycles. The van der Waals surface area contributed by atoms with Crippen LogP contribution in [0.3, 0.4) is 0 Å². The van der Waals surface area contributed by atoms with Crippen molar-refractivity contribution in [3.63, 3.8) is 0 Å². The fourth-order valence-corrected chi connectivity index (χ4v) is 3.21. The lowest BCUT2D eigenvalue weighted by Crippen LogP contribution is -2.30. The van der Waals surface area contributed by atoms with Crippen molar-refractivity contribution in [2.75, 3.05) is 12.4 Å². The van der Waals surface area contributed by atoms with E-state index in [1.165, 1.54) is 24.0 Å². The Morgan fingerprint density at radius 2 is 2.00 bits per heavy atom. The summed E-state index contributed by atoms with van der Waals surface area (Å²) in [5, 5.41) is 4.85. The van der Waals surface area contributed by atoms with Crippen molar-refractivity contribution in [3.05, 3.63) is 40.4 Å². The first-order valence-corrected chi connectivity index (χ1v) is 9.27. The normalized spacial score (nSPS) is 11.9. The van der Waals surface area contributed by atoms with Gasteiger partial charge in [0.05, 0.1) is 19.2 Å². The fourth-order valence-electron chi connectivity index (χ4n) is 2.50. The van der Waals surface area contributed by atoms with Crippen molar-refractivity contribution in [3.8, 4) is 5.75 Å². The van der Waals surface area contributed by atoms with E-state index in [9.17, 15) is 9.59 Å². The zero-order valence-corrected chi connectivity index (χ0v) is 16.5. The molecule has 6 nitrogen and oxygen atoms in total. The van der Waals surface area contributed by atoms with Gasteiger partial charge >= 0.3 is 5.97 Å². The quantitative estimate of drug-likeness (QED) is 0.746. The first-order valence-electron chi connectivity index (χ1n) is 8.39. The minimum Gasteiger partial charge on any atom is -0.481 e. The Morgan fingerprint density at radius 1 is 1.27 bits per heavy atom. The summed E-state index contributed by atoms with van der Waals surface area (Å²) in [6.45, 7) is 8.00. The number of aromatic nitrogens is 1. The molecule has 1 aromatic heterocycles. The number of hydrogen-bond donors (Lipinski definition) is 1. The van der Waals surface area contributed by atoms with Gasteiger partial charge in [0.15, 0.2) is 11.2 Å². The molecule has 0 spiro atoms. The summed E-state index contributed by atoms with van der Waals surface area (Å²) in [6, 6.07) is 5.85. The van der Waals surface area contributed by atoms with Crippen LogP contribution in [0.4, 0.5) is 5.13 Å². The molecular formula is C19H24N2O4S. The molecule has 1 atom stereocenters. The maximum atomic E-state index is 12.3. The molecule has 7 heteroatoms. The molecule has 1 amide bonds. The second kappa shape index (κ2) is 8.80. The highest BCUT2D eigenvalue weighted by atomic mass is 32.1. The van der Waals surface area contributed by atoms with Crippen LogP contribution in [0, 0.1) is 6.92 Å². The van der Waals surface area contributed by atoms with Crippen molar-refractivity contribution in [1.29, 1.82) is 0 Å². The van der Waals surface area contributed by atoms with Crippen LogP contribution >= 0.6 is 11.3 Å². The van der Waals surface area contributed by atoms with Crippen LogP contribution in [0.2, 0.25) is 0 Å². The van der Waals surface area contributed by atoms with Crippen molar-refractivity contribution < 1.29 is 19.1 Å². The minimum absolute atomic E-state index is 0.0798. The monoisotopic (exact) mass is 376 g/mol. The van der Waals surface area contributed by atoms with E-state index in [1.54, 1.807) is 12.3 Å². The predicted octanol–water partition coefficient (Wildman–Crippen LogP) is 3.70. The number of carbonyl (C=O) groups excluding carboxylic acids is 2. The number of benzene rings is 1. The molecule has 0 radical (unpaired) electrons. The molecule has 0 fully saturated rings. The number of ether oxygens (including phenoxy) is 2. The third-order valence-corrected chi connectivity index (χ3v) is 4.69. The van der Waals surface area contributed by atoms with E-state index in [4.69, 9.17) is 4.74 Å². The van der Waals surface area contributed by atoms with Gasteiger partial charge in [-0.25, -0.2) is 4.98 Å². The molecule has 26 heavy (non-hydrogen) atoms. The Balaban J connectivity index is 1.95. The SMILES string of the molecule is COC(=O)Cc1csc(NC(=O)C(C)Oc2ccc(C(C)C)c(C)c2)n1. The molecular weight excluding hydrogens is 352 g/mol. The number of amides is 1. The van der Waals surface area contributed by atoms with Crippen LogP contribution < -0.4 is 10.1 Å². The topological polar surface area (TPSA) is 77.5 Å². The van der Waals surface area contributed by atoms with E-state index < -0.39 is 6.10 Å². The third-order valence-electron chi connectivity index (χ3n) is 3.88. The van der Waals surface area contributed by atoms with Gasteiger partial charge in [-0.2, -0.15) is 0 Å². The molecule has 2 rings (SSSR count). The van der Waals surface area contributed by atoms with E-state index in [2.05, 4.69) is 28.9 Å². The predicted molar refractivity (Wildman–Crippen MR) is 102 cm³/mol. The minimum atomic E-state index is -0.674. The molecule has 140 valence electrons. The Hall–Kier alpha value is -2.41. The van der Waals surface area contributed by atoms with Crippen LogP contribution in [0.1, 0.15) is 43.5 Å². The number of esters is 1. The van der Waals surface area contributed by atoms with Gasteiger partial charge in [0, 0.05) is 5.38 Å². The maximum Gasteiger partial charge on any atom is 0.311 e. The van der Waals surface area contributed by atoms with Gasteiger partial charge in [-0.05, 0) is 43.0 Å². The molecule has 1 aromatic carbocycles. The van der Waals surface area contributed by atoms with Crippen LogP contribution in [-0.4, -0.2) is 30.1 Å². The lowest BCUT2D eigenvalue weighted by molar-refractivity contribution is -0.139. The van der Waals surface area contributed by atoms with Crippen molar-refractivity contribution >= 4 is 28.3 Å². The Morgan fingerprint density at radius 3 is 2.62 bits per heavy atom. The summed E-state index contributed by atoms with van der Waals surface area (Å²) < 4.78 is 10.3. The third kappa shape index (κ3) is 5.29. The molecule has 0 aliphatic rings. The second-order valence-electron chi connectivity index (χ2n) is 6.32. The van der Waals surface area contributed by atoms with Gasteiger partial charge in [-0.1, -0.05) is 19.9 Å². The zero-order valence-electron chi connectivity index (χ0n) is 15.7. The molecule has 2 aromatic rings. The van der Waals surface area contributed by atoms with Gasteiger partial charge in [0.1, 0.15) is 5.75 Å². The average Bonchev–Trinajstić information content (AvgIpc) is 3.01. The number of thiazole rings is 1. The summed E-state index contributed by atoms with van der Waals surface area (Å²) in [4.78, 5) is 27.8. The highest BCUT2D eigenvalue weighted by Crippen LogP contribution is 2.24. The Labute approximate surface area is 157 Å². The highest BCUT2D eigenvalue weighted by Gasteiger charge is 2.17.